The van der Waals surface area contributed by atoms with Crippen molar-refractivity contribution >= 4 is 53.7 Å². The lowest BCUT2D eigenvalue weighted by molar-refractivity contribution is 0.0791. The predicted molar refractivity (Wildman–Crippen MR) is 110 cm³/mol. The highest BCUT2D eigenvalue weighted by Crippen LogP contribution is 2.30. The number of hydrogen-bond donors (Lipinski definition) is 1. The van der Waals surface area contributed by atoms with E-state index in [1.165, 1.54) is 11.3 Å². The Morgan fingerprint density at radius 1 is 1.36 bits per heavy atom. The third-order valence-electron chi connectivity index (χ3n) is 4.15. The van der Waals surface area contributed by atoms with Gasteiger partial charge < -0.3 is 10.2 Å². The van der Waals surface area contributed by atoms with E-state index < -0.39 is 0 Å². The summed E-state index contributed by atoms with van der Waals surface area (Å²) >= 11 is 7.40. The molecule has 1 atom stereocenters. The van der Waals surface area contributed by atoms with Crippen molar-refractivity contribution in [1.29, 1.82) is 0 Å². The molecule has 0 aliphatic carbocycles. The van der Waals surface area contributed by atoms with Crippen LogP contribution in [0.25, 0.3) is 10.6 Å². The molecule has 1 amide bonds. The highest BCUT2D eigenvalue weighted by molar-refractivity contribution is 7.17. The molecule has 1 unspecified atom stereocenters. The summed E-state index contributed by atoms with van der Waals surface area (Å²) in [5.74, 6) is 0.659. The van der Waals surface area contributed by atoms with E-state index in [-0.39, 0.29) is 30.7 Å². The van der Waals surface area contributed by atoms with Crippen LogP contribution in [0.1, 0.15) is 21.8 Å². The Hall–Kier alpha value is -0.850. The summed E-state index contributed by atoms with van der Waals surface area (Å²) in [4.78, 5) is 20.0. The molecule has 1 aromatic carbocycles. The standard InChI is InChI=1S/C17H20ClN3OS.2ClH/c1-11-15(17(22)21-8-7-12(10-21)9-19-2)23-16(20-11)13-3-5-14(18)6-4-13;;/h3-6,12,19H,7-10H2,1-2H3;2*1H. The normalized spacial score (nSPS) is 16.3. The average molecular weight is 423 g/mol. The number of thiazole rings is 1. The fourth-order valence-electron chi connectivity index (χ4n) is 2.93. The van der Waals surface area contributed by atoms with Crippen molar-refractivity contribution in [1.82, 2.24) is 15.2 Å². The van der Waals surface area contributed by atoms with Gasteiger partial charge in [-0.15, -0.1) is 36.2 Å². The summed E-state index contributed by atoms with van der Waals surface area (Å²) in [5.41, 5.74) is 1.80. The quantitative estimate of drug-likeness (QED) is 0.799. The van der Waals surface area contributed by atoms with Crippen LogP contribution >= 0.6 is 47.8 Å². The first-order valence-corrected chi connectivity index (χ1v) is 8.95. The van der Waals surface area contributed by atoms with Gasteiger partial charge in [-0.1, -0.05) is 23.7 Å². The Balaban J connectivity index is 0.00000156. The first-order chi connectivity index (χ1) is 11.1. The highest BCUT2D eigenvalue weighted by atomic mass is 35.5. The van der Waals surface area contributed by atoms with Crippen LogP contribution in [0, 0.1) is 12.8 Å². The van der Waals surface area contributed by atoms with Gasteiger partial charge in [0.25, 0.3) is 5.91 Å². The maximum Gasteiger partial charge on any atom is 0.265 e. The number of carbonyl (C=O) groups is 1. The first-order valence-electron chi connectivity index (χ1n) is 7.75. The van der Waals surface area contributed by atoms with Crippen LogP contribution in [0.4, 0.5) is 0 Å². The van der Waals surface area contributed by atoms with E-state index in [0.717, 1.165) is 47.2 Å². The summed E-state index contributed by atoms with van der Waals surface area (Å²) in [6, 6.07) is 7.57. The molecule has 2 aromatic rings. The molecule has 0 saturated carbocycles. The third-order valence-corrected chi connectivity index (χ3v) is 5.59. The van der Waals surface area contributed by atoms with Crippen LogP contribution in [0.3, 0.4) is 0 Å². The predicted octanol–water partition coefficient (Wildman–Crippen LogP) is 4.30. The number of nitrogens with zero attached hydrogens (tertiary/aromatic N) is 2. The fourth-order valence-corrected chi connectivity index (χ4v) is 4.09. The van der Waals surface area contributed by atoms with Crippen LogP contribution in [0.5, 0.6) is 0 Å². The largest absolute Gasteiger partial charge is 0.338 e. The van der Waals surface area contributed by atoms with E-state index >= 15 is 0 Å². The zero-order valence-corrected chi connectivity index (χ0v) is 17.3. The maximum atomic E-state index is 12.8. The smallest absolute Gasteiger partial charge is 0.265 e. The molecule has 1 aromatic heterocycles. The first kappa shape index (κ1) is 22.2. The van der Waals surface area contributed by atoms with Gasteiger partial charge in [-0.05, 0) is 45.0 Å². The number of amides is 1. The molecular weight excluding hydrogens is 401 g/mol. The molecule has 138 valence electrons. The molecule has 1 N–H and O–H groups in total. The minimum Gasteiger partial charge on any atom is -0.338 e. The van der Waals surface area contributed by atoms with Crippen LogP contribution in [0.15, 0.2) is 24.3 Å². The second kappa shape index (κ2) is 9.74. The van der Waals surface area contributed by atoms with Crippen molar-refractivity contribution in [3.8, 4) is 10.6 Å². The molecule has 0 radical (unpaired) electrons. The van der Waals surface area contributed by atoms with E-state index in [2.05, 4.69) is 10.3 Å². The molecule has 2 heterocycles. The SMILES string of the molecule is CNCC1CCN(C(=O)c2sc(-c3ccc(Cl)cc3)nc2C)C1.Cl.Cl. The Morgan fingerprint density at radius 3 is 2.68 bits per heavy atom. The van der Waals surface area contributed by atoms with Crippen LogP contribution < -0.4 is 5.32 Å². The molecule has 8 heteroatoms. The lowest BCUT2D eigenvalue weighted by Gasteiger charge is -2.15. The van der Waals surface area contributed by atoms with Crippen LogP contribution in [0.2, 0.25) is 5.02 Å². The van der Waals surface area contributed by atoms with Gasteiger partial charge in [0.2, 0.25) is 0 Å². The van der Waals surface area contributed by atoms with E-state index in [0.29, 0.717) is 10.9 Å². The Labute approximate surface area is 169 Å². The number of aromatic nitrogens is 1. The summed E-state index contributed by atoms with van der Waals surface area (Å²) in [6.45, 7) is 4.53. The van der Waals surface area contributed by atoms with Crippen LogP contribution in [-0.4, -0.2) is 42.5 Å². The molecule has 1 aliphatic rings. The minimum atomic E-state index is 0. The number of rotatable bonds is 4. The molecular formula is C17H22Cl3N3OS. The lowest BCUT2D eigenvalue weighted by atomic mass is 10.1. The summed E-state index contributed by atoms with van der Waals surface area (Å²) in [6.07, 6.45) is 1.06. The number of hydrogen-bond acceptors (Lipinski definition) is 4. The zero-order chi connectivity index (χ0) is 16.4. The number of halogens is 3. The Morgan fingerprint density at radius 2 is 2.04 bits per heavy atom. The molecule has 25 heavy (non-hydrogen) atoms. The van der Waals surface area contributed by atoms with Crippen molar-refractivity contribution in [2.45, 2.75) is 13.3 Å². The van der Waals surface area contributed by atoms with Gasteiger partial charge in [-0.2, -0.15) is 0 Å². The molecule has 1 saturated heterocycles. The number of likely N-dealkylation sites (tertiary alicyclic amines) is 1. The van der Waals surface area contributed by atoms with Crippen molar-refractivity contribution in [3.63, 3.8) is 0 Å². The van der Waals surface area contributed by atoms with Gasteiger partial charge in [0, 0.05) is 23.7 Å². The molecule has 0 spiro atoms. The van der Waals surface area contributed by atoms with Gasteiger partial charge in [-0.3, -0.25) is 4.79 Å². The van der Waals surface area contributed by atoms with Gasteiger partial charge in [0.1, 0.15) is 9.88 Å². The number of carbonyl (C=O) groups excluding carboxylic acids is 1. The summed E-state index contributed by atoms with van der Waals surface area (Å²) in [7, 11) is 1.95. The monoisotopic (exact) mass is 421 g/mol. The molecule has 0 bridgehead atoms. The maximum absolute atomic E-state index is 12.8. The minimum absolute atomic E-state index is 0. The summed E-state index contributed by atoms with van der Waals surface area (Å²) < 4.78 is 0. The van der Waals surface area contributed by atoms with E-state index in [1.54, 1.807) is 0 Å². The van der Waals surface area contributed by atoms with Crippen molar-refractivity contribution < 1.29 is 4.79 Å². The molecule has 3 rings (SSSR count). The zero-order valence-electron chi connectivity index (χ0n) is 14.1. The van der Waals surface area contributed by atoms with Gasteiger partial charge in [0.15, 0.2) is 0 Å². The summed E-state index contributed by atoms with van der Waals surface area (Å²) in [5, 5.41) is 4.76. The third kappa shape index (κ3) is 5.08. The lowest BCUT2D eigenvalue weighted by Crippen LogP contribution is -2.30. The second-order valence-electron chi connectivity index (χ2n) is 5.90. The van der Waals surface area contributed by atoms with Crippen molar-refractivity contribution in [3.05, 3.63) is 39.9 Å². The average Bonchev–Trinajstić information content (AvgIpc) is 3.15. The van der Waals surface area contributed by atoms with Gasteiger partial charge in [0.05, 0.1) is 5.69 Å². The Kier molecular flexibility index (Phi) is 8.64. The number of nitrogens with one attached hydrogen (secondary N) is 1. The molecule has 1 fully saturated rings. The van der Waals surface area contributed by atoms with Gasteiger partial charge >= 0.3 is 0 Å². The van der Waals surface area contributed by atoms with Gasteiger partial charge in [-0.25, -0.2) is 4.98 Å². The van der Waals surface area contributed by atoms with E-state index in [1.807, 2.05) is 43.1 Å². The topological polar surface area (TPSA) is 45.2 Å². The van der Waals surface area contributed by atoms with Crippen LogP contribution in [-0.2, 0) is 0 Å². The van der Waals surface area contributed by atoms with Crippen molar-refractivity contribution in [2.24, 2.45) is 5.92 Å². The fraction of sp³-hybridized carbons (Fsp3) is 0.412. The Bertz CT molecular complexity index is 706. The van der Waals surface area contributed by atoms with E-state index in [4.69, 9.17) is 11.6 Å². The number of aryl methyl sites for hydroxylation is 1. The molecule has 1 aliphatic heterocycles. The molecule has 4 nitrogen and oxygen atoms in total. The second-order valence-corrected chi connectivity index (χ2v) is 7.34. The number of benzene rings is 1. The van der Waals surface area contributed by atoms with E-state index in [9.17, 15) is 4.79 Å². The van der Waals surface area contributed by atoms with Crippen molar-refractivity contribution in [2.75, 3.05) is 26.7 Å². The highest BCUT2D eigenvalue weighted by Gasteiger charge is 2.28.